The molecule has 0 aromatic carbocycles. The summed E-state index contributed by atoms with van der Waals surface area (Å²) in [5.74, 6) is 0.846. The Labute approximate surface area is 361 Å². The molecular formula is C52H100O6. The molecule has 0 fully saturated rings. The van der Waals surface area contributed by atoms with Crippen molar-refractivity contribution in [2.45, 2.75) is 291 Å². The summed E-state index contributed by atoms with van der Waals surface area (Å²) >= 11 is 0. The van der Waals surface area contributed by atoms with E-state index in [9.17, 15) is 14.4 Å². The molecule has 0 aromatic rings. The van der Waals surface area contributed by atoms with Crippen molar-refractivity contribution in [2.75, 3.05) is 13.2 Å². The minimum atomic E-state index is -0.761. The Bertz CT molecular complexity index is 887. The van der Waals surface area contributed by atoms with Crippen LogP contribution in [0.3, 0.4) is 0 Å². The van der Waals surface area contributed by atoms with Crippen molar-refractivity contribution in [2.24, 2.45) is 11.8 Å². The predicted molar refractivity (Wildman–Crippen MR) is 247 cm³/mol. The highest BCUT2D eigenvalue weighted by Crippen LogP contribution is 2.18. The summed E-state index contributed by atoms with van der Waals surface area (Å²) in [6.45, 7) is 11.4. The molecule has 1 unspecified atom stereocenters. The first-order valence-electron chi connectivity index (χ1n) is 25.8. The zero-order valence-electron chi connectivity index (χ0n) is 39.7. The molecule has 2 atom stereocenters. The van der Waals surface area contributed by atoms with Gasteiger partial charge in [0.25, 0.3) is 0 Å². The van der Waals surface area contributed by atoms with Gasteiger partial charge in [-0.15, -0.1) is 0 Å². The second-order valence-electron chi connectivity index (χ2n) is 18.5. The van der Waals surface area contributed by atoms with Crippen LogP contribution in [0.15, 0.2) is 0 Å². The Morgan fingerprint density at radius 3 is 0.983 bits per heavy atom. The van der Waals surface area contributed by atoms with Crippen molar-refractivity contribution in [3.8, 4) is 0 Å². The van der Waals surface area contributed by atoms with Gasteiger partial charge in [0.15, 0.2) is 6.10 Å². The summed E-state index contributed by atoms with van der Waals surface area (Å²) in [6, 6.07) is 0. The van der Waals surface area contributed by atoms with Gasteiger partial charge in [0.05, 0.1) is 0 Å². The molecule has 0 aliphatic rings. The van der Waals surface area contributed by atoms with Gasteiger partial charge in [-0.2, -0.15) is 0 Å². The van der Waals surface area contributed by atoms with Gasteiger partial charge in [-0.3, -0.25) is 14.4 Å². The lowest BCUT2D eigenvalue weighted by Crippen LogP contribution is -2.30. The summed E-state index contributed by atoms with van der Waals surface area (Å²) in [5.41, 5.74) is 0. The number of carbonyl (C=O) groups excluding carboxylic acids is 3. The molecule has 0 aromatic heterocycles. The van der Waals surface area contributed by atoms with Crippen LogP contribution in [0.2, 0.25) is 0 Å². The number of ether oxygens (including phenoxy) is 3. The predicted octanol–water partition coefficient (Wildman–Crippen LogP) is 16.5. The molecule has 0 heterocycles. The maximum absolute atomic E-state index is 12.7. The smallest absolute Gasteiger partial charge is 0.306 e. The average Bonchev–Trinajstić information content (AvgIpc) is 3.21. The number of esters is 3. The van der Waals surface area contributed by atoms with Crippen LogP contribution in [0.25, 0.3) is 0 Å². The monoisotopic (exact) mass is 821 g/mol. The van der Waals surface area contributed by atoms with E-state index in [1.165, 1.54) is 173 Å². The standard InChI is InChI=1S/C52H100O6/c1-6-8-9-10-11-12-21-29-34-39-44-52(55)58-49(46-57-51(54)43-38-33-28-24-23-26-31-36-41-48(5)7-2)45-56-50(53)42-37-32-27-22-19-17-15-13-14-16-18-20-25-30-35-40-47(3)4/h47-49H,6-46H2,1-5H3/t48?,49-/m0/s1. The summed E-state index contributed by atoms with van der Waals surface area (Å²) in [7, 11) is 0. The van der Waals surface area contributed by atoms with Gasteiger partial charge in [0.1, 0.15) is 13.2 Å². The Balaban J connectivity index is 4.25. The van der Waals surface area contributed by atoms with E-state index in [2.05, 4.69) is 34.6 Å². The minimum Gasteiger partial charge on any atom is -0.462 e. The highest BCUT2D eigenvalue weighted by Gasteiger charge is 2.19. The third kappa shape index (κ3) is 44.0. The van der Waals surface area contributed by atoms with Crippen LogP contribution in [0.4, 0.5) is 0 Å². The van der Waals surface area contributed by atoms with Gasteiger partial charge < -0.3 is 14.2 Å². The van der Waals surface area contributed by atoms with Gasteiger partial charge >= 0.3 is 17.9 Å². The fourth-order valence-corrected chi connectivity index (χ4v) is 7.78. The summed E-state index contributed by atoms with van der Waals surface area (Å²) < 4.78 is 16.8. The third-order valence-electron chi connectivity index (χ3n) is 12.1. The van der Waals surface area contributed by atoms with E-state index in [-0.39, 0.29) is 31.1 Å². The molecule has 0 spiro atoms. The maximum atomic E-state index is 12.7. The zero-order chi connectivity index (χ0) is 42.6. The minimum absolute atomic E-state index is 0.0639. The second-order valence-corrected chi connectivity index (χ2v) is 18.5. The van der Waals surface area contributed by atoms with Crippen LogP contribution in [0, 0.1) is 11.8 Å². The number of carbonyl (C=O) groups is 3. The van der Waals surface area contributed by atoms with Crippen molar-refractivity contribution in [1.29, 1.82) is 0 Å². The molecule has 344 valence electrons. The first-order chi connectivity index (χ1) is 28.3. The number of rotatable bonds is 46. The van der Waals surface area contributed by atoms with Crippen molar-refractivity contribution < 1.29 is 28.6 Å². The lowest BCUT2D eigenvalue weighted by molar-refractivity contribution is -0.167. The van der Waals surface area contributed by atoms with Crippen LogP contribution < -0.4 is 0 Å². The number of unbranched alkanes of at least 4 members (excludes halogenated alkanes) is 30. The quantitative estimate of drug-likeness (QED) is 0.0346. The molecule has 0 saturated carbocycles. The van der Waals surface area contributed by atoms with E-state index in [4.69, 9.17) is 14.2 Å². The van der Waals surface area contributed by atoms with E-state index in [1.54, 1.807) is 0 Å². The summed E-state index contributed by atoms with van der Waals surface area (Å²) in [5, 5.41) is 0. The molecule has 0 N–H and O–H groups in total. The fourth-order valence-electron chi connectivity index (χ4n) is 7.78. The van der Waals surface area contributed by atoms with E-state index < -0.39 is 6.10 Å². The molecule has 58 heavy (non-hydrogen) atoms. The van der Waals surface area contributed by atoms with Crippen molar-refractivity contribution in [3.05, 3.63) is 0 Å². The molecule has 0 amide bonds. The lowest BCUT2D eigenvalue weighted by Gasteiger charge is -2.18. The molecular weight excluding hydrogens is 721 g/mol. The fraction of sp³-hybridized carbons (Fsp3) is 0.942. The van der Waals surface area contributed by atoms with Gasteiger partial charge in [0, 0.05) is 19.3 Å². The van der Waals surface area contributed by atoms with Gasteiger partial charge in [-0.05, 0) is 31.1 Å². The molecule has 0 saturated heterocycles. The number of hydrogen-bond acceptors (Lipinski definition) is 6. The zero-order valence-corrected chi connectivity index (χ0v) is 39.7. The van der Waals surface area contributed by atoms with Crippen molar-refractivity contribution in [1.82, 2.24) is 0 Å². The van der Waals surface area contributed by atoms with Gasteiger partial charge in [-0.1, -0.05) is 247 Å². The van der Waals surface area contributed by atoms with E-state index in [0.29, 0.717) is 19.3 Å². The molecule has 0 aliphatic heterocycles. The molecule has 0 aliphatic carbocycles. The molecule has 0 bridgehead atoms. The van der Waals surface area contributed by atoms with Crippen LogP contribution in [-0.4, -0.2) is 37.2 Å². The Kier molecular flexibility index (Phi) is 43.7. The molecule has 0 radical (unpaired) electrons. The van der Waals surface area contributed by atoms with E-state index >= 15 is 0 Å². The van der Waals surface area contributed by atoms with Crippen LogP contribution >= 0.6 is 0 Å². The Morgan fingerprint density at radius 2 is 0.655 bits per heavy atom. The molecule has 0 rings (SSSR count). The second kappa shape index (κ2) is 44.9. The maximum Gasteiger partial charge on any atom is 0.306 e. The number of hydrogen-bond donors (Lipinski definition) is 0. The lowest BCUT2D eigenvalue weighted by atomic mass is 9.99. The van der Waals surface area contributed by atoms with Crippen LogP contribution in [0.5, 0.6) is 0 Å². The topological polar surface area (TPSA) is 78.9 Å². The highest BCUT2D eigenvalue weighted by molar-refractivity contribution is 5.71. The van der Waals surface area contributed by atoms with E-state index in [1.807, 2.05) is 0 Å². The van der Waals surface area contributed by atoms with Crippen LogP contribution in [-0.2, 0) is 28.6 Å². The normalized spacial score (nSPS) is 12.5. The first kappa shape index (κ1) is 56.4. The van der Waals surface area contributed by atoms with Crippen molar-refractivity contribution in [3.63, 3.8) is 0 Å². The molecule has 6 heteroatoms. The SMILES string of the molecule is CCCCCCCCCCCCC(=O)O[C@@H](COC(=O)CCCCCCCCCCCCCCCCCC(C)C)COC(=O)CCCCCCCCCCC(C)CC. The largest absolute Gasteiger partial charge is 0.462 e. The molecule has 6 nitrogen and oxygen atoms in total. The summed E-state index contributed by atoms with van der Waals surface area (Å²) in [4.78, 5) is 37.9. The van der Waals surface area contributed by atoms with Gasteiger partial charge in [0.2, 0.25) is 0 Å². The van der Waals surface area contributed by atoms with Crippen LogP contribution in [0.1, 0.15) is 285 Å². The van der Waals surface area contributed by atoms with Crippen molar-refractivity contribution >= 4 is 17.9 Å². The Morgan fingerprint density at radius 1 is 0.362 bits per heavy atom. The first-order valence-corrected chi connectivity index (χ1v) is 25.8. The third-order valence-corrected chi connectivity index (χ3v) is 12.1. The average molecular weight is 821 g/mol. The highest BCUT2D eigenvalue weighted by atomic mass is 16.6. The Hall–Kier alpha value is -1.59. The van der Waals surface area contributed by atoms with E-state index in [0.717, 1.165) is 69.6 Å². The van der Waals surface area contributed by atoms with Gasteiger partial charge in [-0.25, -0.2) is 0 Å². The summed E-state index contributed by atoms with van der Waals surface area (Å²) in [6.07, 6.45) is 45.1.